The van der Waals surface area contributed by atoms with Crippen LogP contribution in [0.4, 0.5) is 4.79 Å². The molecular formula is C17H13NO6S-2. The summed E-state index contributed by atoms with van der Waals surface area (Å²) in [4.78, 5) is 46.4. The molecule has 2 rings (SSSR count). The van der Waals surface area contributed by atoms with Gasteiger partial charge in [0.05, 0.1) is 16.9 Å². The van der Waals surface area contributed by atoms with Crippen molar-refractivity contribution >= 4 is 40.9 Å². The summed E-state index contributed by atoms with van der Waals surface area (Å²) in [6, 6.07) is 7.36. The van der Waals surface area contributed by atoms with E-state index in [0.29, 0.717) is 22.2 Å². The molecule has 0 bridgehead atoms. The van der Waals surface area contributed by atoms with Crippen molar-refractivity contribution in [3.8, 4) is 0 Å². The van der Waals surface area contributed by atoms with Crippen molar-refractivity contribution in [3.63, 3.8) is 0 Å². The summed E-state index contributed by atoms with van der Waals surface area (Å²) in [5, 5.41) is 20.9. The lowest BCUT2D eigenvalue weighted by Gasteiger charge is -2.26. The Labute approximate surface area is 147 Å². The van der Waals surface area contributed by atoms with Crippen LogP contribution >= 0.6 is 11.8 Å². The molecule has 1 aromatic carbocycles. The van der Waals surface area contributed by atoms with E-state index in [1.54, 1.807) is 13.0 Å². The van der Waals surface area contributed by atoms with E-state index in [0.717, 1.165) is 5.56 Å². The zero-order valence-electron chi connectivity index (χ0n) is 13.1. The minimum Gasteiger partial charge on any atom is -0.550 e. The SMILES string of the molecule is CC(/C=C1\SC(=O)N([C@H](CC(=O)[O-])C(=O)[O-])C1=O)=C\c1ccccc1. The molecule has 130 valence electrons. The van der Waals surface area contributed by atoms with Gasteiger partial charge in [-0.25, -0.2) is 0 Å². The number of carbonyl (C=O) groups is 4. The van der Waals surface area contributed by atoms with E-state index in [2.05, 4.69) is 0 Å². The Kier molecular flexibility index (Phi) is 5.76. The van der Waals surface area contributed by atoms with Crippen molar-refractivity contribution < 1.29 is 29.4 Å². The van der Waals surface area contributed by atoms with E-state index >= 15 is 0 Å². The van der Waals surface area contributed by atoms with Gasteiger partial charge in [-0.1, -0.05) is 36.4 Å². The number of benzene rings is 1. The minimum absolute atomic E-state index is 0.0132. The topological polar surface area (TPSA) is 118 Å². The maximum atomic E-state index is 12.3. The molecule has 0 saturated carbocycles. The summed E-state index contributed by atoms with van der Waals surface area (Å²) in [7, 11) is 0. The summed E-state index contributed by atoms with van der Waals surface area (Å²) in [5.74, 6) is -4.40. The summed E-state index contributed by atoms with van der Waals surface area (Å²) < 4.78 is 0. The van der Waals surface area contributed by atoms with Gasteiger partial charge >= 0.3 is 0 Å². The number of aliphatic carboxylic acids is 2. The van der Waals surface area contributed by atoms with Crippen LogP contribution in [0.15, 0.2) is 46.9 Å². The van der Waals surface area contributed by atoms with Gasteiger partial charge in [0.1, 0.15) is 0 Å². The van der Waals surface area contributed by atoms with Crippen LogP contribution < -0.4 is 10.2 Å². The number of allylic oxidation sites excluding steroid dienone is 2. The maximum Gasteiger partial charge on any atom is 0.294 e. The van der Waals surface area contributed by atoms with Crippen LogP contribution in [0.3, 0.4) is 0 Å². The maximum absolute atomic E-state index is 12.3. The average Bonchev–Trinajstić information content (AvgIpc) is 2.79. The highest BCUT2D eigenvalue weighted by Crippen LogP contribution is 2.33. The van der Waals surface area contributed by atoms with Crippen LogP contribution in [-0.2, 0) is 14.4 Å². The number of carbonyl (C=O) groups excluding carboxylic acids is 4. The van der Waals surface area contributed by atoms with Gasteiger partial charge < -0.3 is 19.8 Å². The molecule has 0 spiro atoms. The molecule has 2 amide bonds. The van der Waals surface area contributed by atoms with Gasteiger partial charge in [-0.2, -0.15) is 0 Å². The molecule has 1 heterocycles. The second-order valence-corrected chi connectivity index (χ2v) is 6.25. The quantitative estimate of drug-likeness (QED) is 0.652. The zero-order valence-corrected chi connectivity index (χ0v) is 13.9. The molecule has 8 heteroatoms. The molecule has 0 radical (unpaired) electrons. The Bertz CT molecular complexity index is 784. The largest absolute Gasteiger partial charge is 0.550 e. The first-order valence-corrected chi connectivity index (χ1v) is 8.02. The van der Waals surface area contributed by atoms with Gasteiger partial charge in [0.15, 0.2) is 0 Å². The number of hydrogen-bond donors (Lipinski definition) is 0. The Morgan fingerprint density at radius 3 is 2.40 bits per heavy atom. The van der Waals surface area contributed by atoms with Crippen molar-refractivity contribution in [2.75, 3.05) is 0 Å². The van der Waals surface area contributed by atoms with Gasteiger partial charge in [-0.15, -0.1) is 0 Å². The number of carboxylic acid groups (broad SMARTS) is 2. The van der Waals surface area contributed by atoms with E-state index in [9.17, 15) is 29.4 Å². The fraction of sp³-hybridized carbons (Fsp3) is 0.176. The lowest BCUT2D eigenvalue weighted by atomic mass is 10.1. The van der Waals surface area contributed by atoms with Crippen LogP contribution in [0.2, 0.25) is 0 Å². The molecular weight excluding hydrogens is 346 g/mol. The molecule has 0 unspecified atom stereocenters. The molecule has 25 heavy (non-hydrogen) atoms. The average molecular weight is 359 g/mol. The zero-order chi connectivity index (χ0) is 18.6. The van der Waals surface area contributed by atoms with Crippen LogP contribution in [0, 0.1) is 0 Å². The van der Waals surface area contributed by atoms with Gasteiger partial charge in [-0.3, -0.25) is 14.5 Å². The monoisotopic (exact) mass is 359 g/mol. The predicted octanol–water partition coefficient (Wildman–Crippen LogP) is -0.0723. The lowest BCUT2D eigenvalue weighted by Crippen LogP contribution is -2.52. The standard InChI is InChI=1S/C17H15NO6S/c1-10(7-11-5-3-2-4-6-11)8-13-15(21)18(17(24)25-13)12(16(22)23)9-14(19)20/h2-8,12H,9H2,1H3,(H,19,20)(H,22,23)/p-2/b10-7+,13-8-/t12-/m1/s1. The van der Waals surface area contributed by atoms with E-state index in [1.165, 1.54) is 6.08 Å². The van der Waals surface area contributed by atoms with Crippen LogP contribution in [-0.4, -0.2) is 34.0 Å². The second kappa shape index (κ2) is 7.80. The minimum atomic E-state index is -1.90. The fourth-order valence-electron chi connectivity index (χ4n) is 2.25. The third kappa shape index (κ3) is 4.57. The smallest absolute Gasteiger partial charge is 0.294 e. The summed E-state index contributed by atoms with van der Waals surface area (Å²) in [6.07, 6.45) is 2.21. The number of imide groups is 1. The number of thioether (sulfide) groups is 1. The summed E-state index contributed by atoms with van der Waals surface area (Å²) in [6.45, 7) is 1.72. The normalized spacial score (nSPS) is 17.9. The number of amides is 2. The highest BCUT2D eigenvalue weighted by atomic mass is 32.2. The molecule has 0 aromatic heterocycles. The highest BCUT2D eigenvalue weighted by molar-refractivity contribution is 8.18. The number of hydrogen-bond acceptors (Lipinski definition) is 7. The molecule has 1 atom stereocenters. The van der Waals surface area contributed by atoms with Crippen LogP contribution in [0.5, 0.6) is 0 Å². The van der Waals surface area contributed by atoms with Crippen molar-refractivity contribution in [3.05, 3.63) is 52.4 Å². The highest BCUT2D eigenvalue weighted by Gasteiger charge is 2.40. The predicted molar refractivity (Wildman–Crippen MR) is 86.4 cm³/mol. The first kappa shape index (κ1) is 18.5. The first-order chi connectivity index (χ1) is 11.8. The molecule has 1 saturated heterocycles. The summed E-state index contributed by atoms with van der Waals surface area (Å²) in [5.41, 5.74) is 1.56. The van der Waals surface area contributed by atoms with Gasteiger partial charge in [0.2, 0.25) is 0 Å². The van der Waals surface area contributed by atoms with Crippen molar-refractivity contribution in [2.45, 2.75) is 19.4 Å². The van der Waals surface area contributed by atoms with Crippen molar-refractivity contribution in [2.24, 2.45) is 0 Å². The molecule has 0 N–H and O–H groups in total. The number of carboxylic acids is 2. The van der Waals surface area contributed by atoms with Crippen molar-refractivity contribution in [1.29, 1.82) is 0 Å². The Morgan fingerprint density at radius 1 is 1.20 bits per heavy atom. The van der Waals surface area contributed by atoms with Gasteiger partial charge in [0, 0.05) is 12.4 Å². The molecule has 0 aliphatic carbocycles. The Balaban J connectivity index is 2.26. The van der Waals surface area contributed by atoms with Crippen LogP contribution in [0.25, 0.3) is 6.08 Å². The van der Waals surface area contributed by atoms with Gasteiger partial charge in [-0.05, 0) is 35.9 Å². The van der Waals surface area contributed by atoms with Gasteiger partial charge in [0.25, 0.3) is 11.1 Å². The van der Waals surface area contributed by atoms with E-state index in [-0.39, 0.29) is 4.91 Å². The molecule has 1 aliphatic heterocycles. The Hall–Kier alpha value is -2.87. The molecule has 1 aromatic rings. The first-order valence-electron chi connectivity index (χ1n) is 7.20. The van der Waals surface area contributed by atoms with E-state index < -0.39 is 35.5 Å². The third-order valence-electron chi connectivity index (χ3n) is 3.32. The van der Waals surface area contributed by atoms with E-state index in [4.69, 9.17) is 0 Å². The lowest BCUT2D eigenvalue weighted by molar-refractivity contribution is -0.319. The van der Waals surface area contributed by atoms with Crippen LogP contribution in [0.1, 0.15) is 18.9 Å². The fourth-order valence-corrected chi connectivity index (χ4v) is 3.17. The number of nitrogens with zero attached hydrogens (tertiary/aromatic N) is 1. The summed E-state index contributed by atoms with van der Waals surface area (Å²) >= 11 is 0.547. The third-order valence-corrected chi connectivity index (χ3v) is 4.20. The second-order valence-electron chi connectivity index (χ2n) is 5.26. The van der Waals surface area contributed by atoms with E-state index in [1.807, 2.05) is 30.3 Å². The number of rotatable bonds is 6. The molecule has 1 aliphatic rings. The van der Waals surface area contributed by atoms with Crippen molar-refractivity contribution in [1.82, 2.24) is 4.90 Å². The molecule has 1 fully saturated rings. The Morgan fingerprint density at radius 2 is 1.84 bits per heavy atom. The molecule has 7 nitrogen and oxygen atoms in total.